The van der Waals surface area contributed by atoms with Gasteiger partial charge in [-0.25, -0.2) is 13.1 Å². The second-order valence-corrected chi connectivity index (χ2v) is 8.08. The fourth-order valence-electron chi connectivity index (χ4n) is 2.00. The Bertz CT molecular complexity index is 564. The van der Waals surface area contributed by atoms with E-state index in [1.165, 1.54) is 0 Å². The lowest BCUT2D eigenvalue weighted by Crippen LogP contribution is -2.32. The van der Waals surface area contributed by atoms with Crippen LogP contribution in [0.2, 0.25) is 0 Å². The van der Waals surface area contributed by atoms with Crippen LogP contribution in [0.4, 0.5) is 0 Å². The maximum Gasteiger partial charge on any atom is 0.260 e. The molecule has 8 heteroatoms. The third-order valence-electron chi connectivity index (χ3n) is 3.67. The number of rotatable bonds is 8. The zero-order valence-electron chi connectivity index (χ0n) is 12.1. The molecule has 0 saturated heterocycles. The molecule has 0 unspecified atom stereocenters. The van der Waals surface area contributed by atoms with E-state index in [9.17, 15) is 8.42 Å². The molecule has 0 atom stereocenters. The van der Waals surface area contributed by atoms with Crippen molar-refractivity contribution in [3.8, 4) is 0 Å². The van der Waals surface area contributed by atoms with Crippen LogP contribution < -0.4 is 10.0 Å². The lowest BCUT2D eigenvalue weighted by molar-refractivity contribution is 0.572. The van der Waals surface area contributed by atoms with Crippen LogP contribution in [0.3, 0.4) is 0 Å². The Morgan fingerprint density at radius 3 is 2.70 bits per heavy atom. The van der Waals surface area contributed by atoms with Crippen molar-refractivity contribution in [2.45, 2.75) is 43.0 Å². The Morgan fingerprint density at radius 1 is 1.45 bits per heavy atom. The number of aromatic nitrogens is 2. The zero-order valence-corrected chi connectivity index (χ0v) is 13.7. The van der Waals surface area contributed by atoms with Gasteiger partial charge in [0, 0.05) is 29.1 Å². The summed E-state index contributed by atoms with van der Waals surface area (Å²) in [5.41, 5.74) is 1.51. The van der Waals surface area contributed by atoms with Crippen LogP contribution in [0.25, 0.3) is 0 Å². The minimum absolute atomic E-state index is 0.0975. The fraction of sp³-hybridized carbons (Fsp3) is 0.750. The molecule has 20 heavy (non-hydrogen) atoms. The summed E-state index contributed by atoms with van der Waals surface area (Å²) in [6, 6.07) is 0. The summed E-state index contributed by atoms with van der Waals surface area (Å²) in [6.07, 6.45) is 4.16. The van der Waals surface area contributed by atoms with Crippen LogP contribution in [0.15, 0.2) is 5.03 Å². The topological polar surface area (TPSA) is 86.9 Å². The second kappa shape index (κ2) is 6.05. The summed E-state index contributed by atoms with van der Waals surface area (Å²) in [5, 5.41) is 9.99. The Kier molecular flexibility index (Phi) is 4.78. The number of H-pyrrole nitrogens is 1. The number of aryl methyl sites for hydroxylation is 1. The van der Waals surface area contributed by atoms with E-state index >= 15 is 0 Å². The molecule has 0 aliphatic heterocycles. The first kappa shape index (κ1) is 15.8. The van der Waals surface area contributed by atoms with E-state index in [2.05, 4.69) is 20.2 Å². The number of hydrogen-bond acceptors (Lipinski definition) is 5. The maximum atomic E-state index is 12.4. The first-order valence-corrected chi connectivity index (χ1v) is 9.44. The van der Waals surface area contributed by atoms with Gasteiger partial charge in [0.15, 0.2) is 5.03 Å². The van der Waals surface area contributed by atoms with Crippen LogP contribution in [0, 0.1) is 6.92 Å². The highest BCUT2D eigenvalue weighted by Gasteiger charge is 2.43. The molecule has 1 saturated carbocycles. The van der Waals surface area contributed by atoms with E-state index in [-0.39, 0.29) is 9.77 Å². The third kappa shape index (κ3) is 3.36. The summed E-state index contributed by atoms with van der Waals surface area (Å²) >= 11 is 1.73. The monoisotopic (exact) mass is 318 g/mol. The minimum Gasteiger partial charge on any atom is -0.313 e. The SMILES string of the molecule is CCNCc1c(S(=O)(=O)NCC2(SC)CC2)n[nH]c1C. The van der Waals surface area contributed by atoms with Crippen molar-refractivity contribution in [3.05, 3.63) is 11.3 Å². The van der Waals surface area contributed by atoms with E-state index in [1.807, 2.05) is 20.1 Å². The highest BCUT2D eigenvalue weighted by atomic mass is 32.2. The van der Waals surface area contributed by atoms with Crippen molar-refractivity contribution in [1.29, 1.82) is 0 Å². The molecule has 6 nitrogen and oxygen atoms in total. The Morgan fingerprint density at radius 2 is 2.15 bits per heavy atom. The smallest absolute Gasteiger partial charge is 0.260 e. The molecule has 0 amide bonds. The first-order valence-electron chi connectivity index (χ1n) is 6.73. The van der Waals surface area contributed by atoms with E-state index in [0.717, 1.165) is 25.1 Å². The minimum atomic E-state index is -3.55. The number of hydrogen-bond donors (Lipinski definition) is 3. The van der Waals surface area contributed by atoms with Gasteiger partial charge in [0.25, 0.3) is 10.0 Å². The molecular weight excluding hydrogens is 296 g/mol. The summed E-state index contributed by atoms with van der Waals surface area (Å²) in [7, 11) is -3.55. The quantitative estimate of drug-likeness (QED) is 0.666. The number of aromatic amines is 1. The van der Waals surface area contributed by atoms with Crippen LogP contribution in [-0.4, -0.2) is 42.7 Å². The second-order valence-electron chi connectivity index (χ2n) is 5.12. The van der Waals surface area contributed by atoms with Gasteiger partial charge >= 0.3 is 0 Å². The predicted molar refractivity (Wildman–Crippen MR) is 81.4 cm³/mol. The van der Waals surface area contributed by atoms with Gasteiger partial charge in [0.05, 0.1) is 0 Å². The molecule has 0 bridgehead atoms. The molecule has 2 rings (SSSR count). The molecule has 3 N–H and O–H groups in total. The van der Waals surface area contributed by atoms with Crippen LogP contribution in [0.1, 0.15) is 31.0 Å². The molecule has 0 radical (unpaired) electrons. The number of nitrogens with one attached hydrogen (secondary N) is 3. The third-order valence-corrected chi connectivity index (χ3v) is 6.46. The van der Waals surface area contributed by atoms with E-state index in [4.69, 9.17) is 0 Å². The van der Waals surface area contributed by atoms with Crippen molar-refractivity contribution < 1.29 is 8.42 Å². The summed E-state index contributed by atoms with van der Waals surface area (Å²) in [4.78, 5) is 0. The van der Waals surface area contributed by atoms with Gasteiger partial charge in [-0.2, -0.15) is 16.9 Å². The Hall–Kier alpha value is -0.570. The van der Waals surface area contributed by atoms with Gasteiger partial charge in [0.2, 0.25) is 0 Å². The summed E-state index contributed by atoms with van der Waals surface area (Å²) < 4.78 is 27.6. The van der Waals surface area contributed by atoms with Gasteiger partial charge in [0.1, 0.15) is 0 Å². The highest BCUT2D eigenvalue weighted by molar-refractivity contribution is 8.00. The average Bonchev–Trinajstić information content (AvgIpc) is 3.12. The zero-order chi connectivity index (χ0) is 14.8. The standard InChI is InChI=1S/C12H22N4O2S2/c1-4-13-7-10-9(2)15-16-11(10)20(17,18)14-8-12(19-3)5-6-12/h13-14H,4-8H2,1-3H3,(H,15,16). The van der Waals surface area contributed by atoms with E-state index in [1.54, 1.807) is 11.8 Å². The Balaban J connectivity index is 2.12. The predicted octanol–water partition coefficient (Wildman–Crippen LogP) is 1.00. The van der Waals surface area contributed by atoms with Crippen LogP contribution in [-0.2, 0) is 16.6 Å². The van der Waals surface area contributed by atoms with Gasteiger partial charge in [-0.3, -0.25) is 5.10 Å². The molecule has 1 fully saturated rings. The first-order chi connectivity index (χ1) is 9.44. The molecule has 0 spiro atoms. The maximum absolute atomic E-state index is 12.4. The van der Waals surface area contributed by atoms with Gasteiger partial charge in [-0.1, -0.05) is 6.92 Å². The molecule has 1 heterocycles. The van der Waals surface area contributed by atoms with Crippen LogP contribution >= 0.6 is 11.8 Å². The van der Waals surface area contributed by atoms with Gasteiger partial charge < -0.3 is 5.32 Å². The average molecular weight is 318 g/mol. The van der Waals surface area contributed by atoms with Crippen molar-refractivity contribution in [3.63, 3.8) is 0 Å². The van der Waals surface area contributed by atoms with Crippen molar-refractivity contribution in [2.75, 3.05) is 19.3 Å². The number of sulfonamides is 1. The van der Waals surface area contributed by atoms with Crippen LogP contribution in [0.5, 0.6) is 0 Å². The summed E-state index contributed by atoms with van der Waals surface area (Å²) in [6.45, 7) is 5.58. The largest absolute Gasteiger partial charge is 0.313 e. The molecule has 1 aromatic rings. The highest BCUT2D eigenvalue weighted by Crippen LogP contribution is 2.46. The normalized spacial score (nSPS) is 17.4. The summed E-state index contributed by atoms with van der Waals surface area (Å²) in [5.74, 6) is 0. The fourth-order valence-corrected chi connectivity index (χ4v) is 4.13. The van der Waals surface area contributed by atoms with E-state index in [0.29, 0.717) is 18.7 Å². The lowest BCUT2D eigenvalue weighted by atomic mass is 10.2. The molecule has 1 aliphatic rings. The van der Waals surface area contributed by atoms with E-state index < -0.39 is 10.0 Å². The van der Waals surface area contributed by atoms with Crippen molar-refractivity contribution in [2.24, 2.45) is 0 Å². The molecule has 114 valence electrons. The molecule has 0 aromatic carbocycles. The van der Waals surface area contributed by atoms with Crippen molar-refractivity contribution >= 4 is 21.8 Å². The van der Waals surface area contributed by atoms with Gasteiger partial charge in [-0.15, -0.1) is 0 Å². The molecular formula is C12H22N4O2S2. The van der Waals surface area contributed by atoms with Gasteiger partial charge in [-0.05, 0) is 32.6 Å². The van der Waals surface area contributed by atoms with Crippen molar-refractivity contribution in [1.82, 2.24) is 20.2 Å². The number of thioether (sulfide) groups is 1. The molecule has 1 aromatic heterocycles. The number of nitrogens with zero attached hydrogens (tertiary/aromatic N) is 1. The Labute approximate surface area is 124 Å². The lowest BCUT2D eigenvalue weighted by Gasteiger charge is -2.13. The molecule has 1 aliphatic carbocycles.